The molecule has 3 aromatic carbocycles. The maximum Gasteiger partial charge on any atom is 0.329 e. The number of rotatable bonds is 7. The minimum atomic E-state index is -0.828. The van der Waals surface area contributed by atoms with Crippen LogP contribution >= 0.6 is 12.6 Å². The molecule has 1 aromatic heterocycles. The zero-order valence-corrected chi connectivity index (χ0v) is 21.7. The fraction of sp³-hybridized carbons (Fsp3) is 0.154. The van der Waals surface area contributed by atoms with Crippen molar-refractivity contribution in [2.45, 2.75) is 12.6 Å². The third-order valence-corrected chi connectivity index (χ3v) is 5.90. The van der Waals surface area contributed by atoms with Crippen LogP contribution in [0.1, 0.15) is 22.7 Å². The smallest absolute Gasteiger partial charge is 0.329 e. The molecule has 3 amide bonds. The molecule has 1 atom stereocenters. The van der Waals surface area contributed by atoms with Crippen molar-refractivity contribution in [1.29, 1.82) is 0 Å². The van der Waals surface area contributed by atoms with E-state index in [0.717, 1.165) is 22.3 Å². The first-order valence-corrected chi connectivity index (χ1v) is 12.4. The number of hydrazone groups is 1. The highest BCUT2D eigenvalue weighted by Crippen LogP contribution is 2.32. The van der Waals surface area contributed by atoms with E-state index < -0.39 is 18.0 Å². The van der Waals surface area contributed by atoms with Gasteiger partial charge in [0.2, 0.25) is 0 Å². The van der Waals surface area contributed by atoms with Crippen LogP contribution in [-0.2, 0) is 11.3 Å². The van der Waals surface area contributed by atoms with Crippen LogP contribution in [0.25, 0.3) is 11.0 Å². The summed E-state index contributed by atoms with van der Waals surface area (Å²) >= 11 is 3.53. The summed E-state index contributed by atoms with van der Waals surface area (Å²) in [6.45, 7) is 0.350. The Morgan fingerprint density at radius 3 is 2.50 bits per heavy atom. The molecule has 0 radical (unpaired) electrons. The average Bonchev–Trinajstić information content (AvgIpc) is 3.52. The molecule has 0 spiro atoms. The van der Waals surface area contributed by atoms with E-state index in [9.17, 15) is 9.59 Å². The molecule has 1 aliphatic rings. The molecule has 4 aromatic rings. The Morgan fingerprint density at radius 1 is 1.11 bits per heavy atom. The predicted molar refractivity (Wildman–Crippen MR) is 150 cm³/mol. The first-order valence-electron chi connectivity index (χ1n) is 11.5. The van der Waals surface area contributed by atoms with E-state index in [4.69, 9.17) is 16.3 Å². The van der Waals surface area contributed by atoms with Crippen molar-refractivity contribution in [2.75, 3.05) is 18.3 Å². The summed E-state index contributed by atoms with van der Waals surface area (Å²) in [6.07, 6.45) is 3.27. The molecule has 1 aliphatic heterocycles. The monoisotopic (exact) mass is 532 g/mol. The summed E-state index contributed by atoms with van der Waals surface area (Å²) in [4.78, 5) is 33.9. The van der Waals surface area contributed by atoms with Crippen LogP contribution < -0.4 is 26.5 Å². The number of hydrogen-bond donors (Lipinski definition) is 5. The van der Waals surface area contributed by atoms with Crippen LogP contribution in [0.3, 0.4) is 0 Å². The van der Waals surface area contributed by atoms with E-state index in [0.29, 0.717) is 23.4 Å². The minimum Gasteiger partial charge on any atom is -0.497 e. The quantitative estimate of drug-likeness (QED) is 0.0612. The normalized spacial score (nSPS) is 15.2. The van der Waals surface area contributed by atoms with E-state index in [1.807, 2.05) is 24.3 Å². The van der Waals surface area contributed by atoms with Crippen LogP contribution in [0.5, 0.6) is 5.75 Å². The number of H-pyrrole nitrogens is 1. The second-order valence-corrected chi connectivity index (χ2v) is 8.22. The number of amides is 3. The Hall–Kier alpha value is -4.55. The van der Waals surface area contributed by atoms with E-state index in [-0.39, 0.29) is 5.84 Å². The molecule has 1 unspecified atom stereocenters. The molecule has 1 saturated heterocycles. The molecule has 11 nitrogen and oxygen atoms in total. The van der Waals surface area contributed by atoms with Crippen LogP contribution in [0.4, 0.5) is 10.5 Å². The predicted octanol–water partition coefficient (Wildman–Crippen LogP) is 2.91. The van der Waals surface area contributed by atoms with E-state index in [2.05, 4.69) is 33.0 Å². The zero-order valence-electron chi connectivity index (χ0n) is 20.8. The van der Waals surface area contributed by atoms with Gasteiger partial charge < -0.3 is 15.5 Å². The number of hydrogen-bond acceptors (Lipinski definition) is 8. The van der Waals surface area contributed by atoms with Gasteiger partial charge >= 0.3 is 6.03 Å². The third kappa shape index (κ3) is 5.56. The standard InChI is InChI=1S/C25H24N8O3.CH4S/c1-36-19-9-2-15(3-10-19)13-32(27)31-23(26)17-6-4-16(5-7-17)22-24(34)30-25(35)33(22)18-8-11-20-21(12-18)29-14-28-20;1-2/h2-12,14,22H,13,27H2,1H3,(H2,26,31)(H,28,29)(H,30,34,35);2H,1H3. The summed E-state index contributed by atoms with van der Waals surface area (Å²) in [5.74, 6) is 6.58. The maximum absolute atomic E-state index is 12.7. The van der Waals surface area contributed by atoms with Gasteiger partial charge in [-0.05, 0) is 47.7 Å². The molecule has 5 rings (SSSR count). The fourth-order valence-electron chi connectivity index (χ4n) is 4.09. The Balaban J connectivity index is 0.00000164. The van der Waals surface area contributed by atoms with Crippen LogP contribution in [-0.4, -0.2) is 46.2 Å². The van der Waals surface area contributed by atoms with Crippen molar-refractivity contribution in [1.82, 2.24) is 20.4 Å². The number of amidine groups is 1. The van der Waals surface area contributed by atoms with Crippen LogP contribution in [0.15, 0.2) is 78.2 Å². The summed E-state index contributed by atoms with van der Waals surface area (Å²) < 4.78 is 5.16. The number of carbonyl (C=O) groups is 2. The van der Waals surface area contributed by atoms with Gasteiger partial charge in [0.05, 0.1) is 31.0 Å². The highest BCUT2D eigenvalue weighted by atomic mass is 32.1. The number of thiol groups is 1. The molecular weight excluding hydrogens is 504 g/mol. The second-order valence-electron chi connectivity index (χ2n) is 8.22. The number of carbonyl (C=O) groups excluding carboxylic acids is 2. The van der Waals surface area contributed by atoms with Gasteiger partial charge in [-0.1, -0.05) is 36.4 Å². The fourth-order valence-corrected chi connectivity index (χ4v) is 4.09. The molecule has 0 saturated carbocycles. The lowest BCUT2D eigenvalue weighted by atomic mass is 10.0. The van der Waals surface area contributed by atoms with E-state index in [1.54, 1.807) is 62.2 Å². The van der Waals surface area contributed by atoms with Crippen molar-refractivity contribution in [3.05, 3.63) is 89.7 Å². The number of benzene rings is 3. The molecular formula is C26H28N8O3S. The number of imide groups is 1. The van der Waals surface area contributed by atoms with Gasteiger partial charge in [-0.25, -0.2) is 20.7 Å². The summed E-state index contributed by atoms with van der Waals surface area (Å²) in [6, 6.07) is 18.4. The van der Waals surface area contributed by atoms with Gasteiger partial charge in [0.15, 0.2) is 5.84 Å². The summed E-state index contributed by atoms with van der Waals surface area (Å²) in [7, 11) is 1.61. The number of urea groups is 1. The van der Waals surface area contributed by atoms with Crippen LogP contribution in [0.2, 0.25) is 0 Å². The molecule has 196 valence electrons. The number of nitrogens with two attached hydrogens (primary N) is 2. The molecule has 6 N–H and O–H groups in total. The largest absolute Gasteiger partial charge is 0.497 e. The van der Waals surface area contributed by atoms with E-state index >= 15 is 0 Å². The average molecular weight is 533 g/mol. The lowest BCUT2D eigenvalue weighted by Gasteiger charge is -2.22. The van der Waals surface area contributed by atoms with Gasteiger partial charge in [0.25, 0.3) is 5.91 Å². The number of fused-ring (bicyclic) bond motifs is 1. The minimum absolute atomic E-state index is 0.214. The number of ether oxygens (including phenoxy) is 1. The zero-order chi connectivity index (χ0) is 27.2. The second kappa shape index (κ2) is 11.7. The number of imidazole rings is 1. The number of aromatic nitrogens is 2. The first kappa shape index (κ1) is 26.5. The van der Waals surface area contributed by atoms with Crippen molar-refractivity contribution < 1.29 is 14.3 Å². The van der Waals surface area contributed by atoms with Crippen LogP contribution in [0, 0.1) is 0 Å². The Kier molecular flexibility index (Phi) is 8.14. The number of nitrogens with zero attached hydrogens (tertiary/aromatic N) is 4. The van der Waals surface area contributed by atoms with Gasteiger partial charge in [0, 0.05) is 11.3 Å². The number of methoxy groups -OCH3 is 1. The van der Waals surface area contributed by atoms with Gasteiger partial charge in [-0.3, -0.25) is 15.0 Å². The molecule has 0 aliphatic carbocycles. The highest BCUT2D eigenvalue weighted by Gasteiger charge is 2.40. The van der Waals surface area contributed by atoms with Crippen molar-refractivity contribution in [3.63, 3.8) is 0 Å². The van der Waals surface area contributed by atoms with Gasteiger partial charge in [-0.2, -0.15) is 12.6 Å². The summed E-state index contributed by atoms with van der Waals surface area (Å²) in [5.41, 5.74) is 10.5. The van der Waals surface area contributed by atoms with Gasteiger partial charge in [0.1, 0.15) is 11.8 Å². The topological polar surface area (TPSA) is 155 Å². The molecule has 0 bridgehead atoms. The SMILES string of the molecule is COc1ccc(CN(N)/N=C(\N)c2ccc(C3C(=O)NC(=O)N3c3ccc4nc[nH]c4c3)cc2)cc1.CS. The first-order chi connectivity index (χ1) is 18.4. The number of anilines is 1. The Morgan fingerprint density at radius 2 is 1.82 bits per heavy atom. The van der Waals surface area contributed by atoms with Crippen molar-refractivity contribution in [2.24, 2.45) is 16.7 Å². The van der Waals surface area contributed by atoms with Crippen molar-refractivity contribution in [3.8, 4) is 5.75 Å². The number of nitrogens with one attached hydrogen (secondary N) is 2. The molecule has 12 heteroatoms. The van der Waals surface area contributed by atoms with Crippen molar-refractivity contribution >= 4 is 47.1 Å². The maximum atomic E-state index is 12.7. The molecule has 2 heterocycles. The number of hydrazine groups is 1. The Bertz CT molecular complexity index is 1450. The molecule has 38 heavy (non-hydrogen) atoms. The number of aromatic amines is 1. The Labute approximate surface area is 224 Å². The molecule has 1 fully saturated rings. The lowest BCUT2D eigenvalue weighted by molar-refractivity contribution is -0.119. The van der Waals surface area contributed by atoms with E-state index in [1.165, 1.54) is 10.0 Å². The van der Waals surface area contributed by atoms with Gasteiger partial charge in [-0.15, -0.1) is 5.10 Å². The highest BCUT2D eigenvalue weighted by molar-refractivity contribution is 7.79. The third-order valence-electron chi connectivity index (χ3n) is 5.90. The summed E-state index contributed by atoms with van der Waals surface area (Å²) in [5, 5.41) is 7.89. The lowest BCUT2D eigenvalue weighted by Crippen LogP contribution is -2.30.